The highest BCUT2D eigenvalue weighted by atomic mass is 32.1. The number of carbonyl (C=O) groups excluding carboxylic acids is 1. The van der Waals surface area contributed by atoms with Crippen molar-refractivity contribution in [2.45, 2.75) is 52.5 Å². The first kappa shape index (κ1) is 15.3. The Morgan fingerprint density at radius 1 is 1.40 bits per heavy atom. The minimum absolute atomic E-state index is 0.351. The van der Waals surface area contributed by atoms with E-state index in [2.05, 4.69) is 24.1 Å². The molecule has 1 aromatic rings. The molecule has 0 amide bonds. The van der Waals surface area contributed by atoms with Gasteiger partial charge in [0.2, 0.25) is 0 Å². The van der Waals surface area contributed by atoms with E-state index in [4.69, 9.17) is 4.74 Å². The fraction of sp³-hybridized carbons (Fsp3) is 0.733. The zero-order valence-corrected chi connectivity index (χ0v) is 13.5. The van der Waals surface area contributed by atoms with Gasteiger partial charge in [0.05, 0.1) is 7.11 Å². The van der Waals surface area contributed by atoms with E-state index in [1.165, 1.54) is 32.8 Å². The van der Waals surface area contributed by atoms with Gasteiger partial charge < -0.3 is 10.1 Å². The summed E-state index contributed by atoms with van der Waals surface area (Å²) in [6.07, 6.45) is 5.07. The zero-order valence-electron chi connectivity index (χ0n) is 12.7. The van der Waals surface area contributed by atoms with Crippen molar-refractivity contribution in [3.8, 4) is 0 Å². The molecule has 1 saturated carbocycles. The average Bonchev–Trinajstić information content (AvgIpc) is 2.79. The van der Waals surface area contributed by atoms with Crippen LogP contribution in [0.3, 0.4) is 0 Å². The molecule has 1 aliphatic rings. The molecule has 112 valence electrons. The maximum absolute atomic E-state index is 11.6. The molecular weight excluding hydrogens is 272 g/mol. The average molecular weight is 296 g/mol. The van der Waals surface area contributed by atoms with Crippen molar-refractivity contribution in [2.24, 2.45) is 11.8 Å². The summed E-state index contributed by atoms with van der Waals surface area (Å²) in [6, 6.07) is 0.472. The van der Waals surface area contributed by atoms with E-state index in [0.29, 0.717) is 23.6 Å². The van der Waals surface area contributed by atoms with Crippen LogP contribution in [-0.4, -0.2) is 24.1 Å². The predicted molar refractivity (Wildman–Crippen MR) is 82.4 cm³/mol. The lowest BCUT2D eigenvalue weighted by Crippen LogP contribution is -2.35. The summed E-state index contributed by atoms with van der Waals surface area (Å²) >= 11 is 1.54. The molecule has 0 saturated heterocycles. The van der Waals surface area contributed by atoms with Crippen molar-refractivity contribution < 1.29 is 9.53 Å². The first-order valence-corrected chi connectivity index (χ1v) is 8.16. The number of esters is 1. The molecule has 0 aliphatic heterocycles. The smallest absolute Gasteiger partial charge is 0.357 e. The fourth-order valence-electron chi connectivity index (χ4n) is 3.04. The highest BCUT2D eigenvalue weighted by molar-refractivity contribution is 7.15. The molecule has 2 rings (SSSR count). The van der Waals surface area contributed by atoms with Crippen molar-refractivity contribution in [1.82, 2.24) is 4.98 Å². The summed E-state index contributed by atoms with van der Waals surface area (Å²) in [6.45, 7) is 6.49. The number of ether oxygens (including phenoxy) is 1. The summed E-state index contributed by atoms with van der Waals surface area (Å²) in [7, 11) is 1.39. The second-order valence-electron chi connectivity index (χ2n) is 5.86. The third kappa shape index (κ3) is 3.32. The number of rotatable bonds is 4. The molecule has 4 nitrogen and oxygen atoms in total. The maximum Gasteiger partial charge on any atom is 0.357 e. The van der Waals surface area contributed by atoms with Crippen LogP contribution in [0.25, 0.3) is 0 Å². The Morgan fingerprint density at radius 3 is 2.75 bits per heavy atom. The van der Waals surface area contributed by atoms with E-state index in [0.717, 1.165) is 10.0 Å². The molecule has 2 atom stereocenters. The number of anilines is 1. The van der Waals surface area contributed by atoms with Crippen molar-refractivity contribution in [2.75, 3.05) is 12.4 Å². The lowest BCUT2D eigenvalue weighted by molar-refractivity contribution is 0.0594. The van der Waals surface area contributed by atoms with Gasteiger partial charge in [-0.25, -0.2) is 9.78 Å². The summed E-state index contributed by atoms with van der Waals surface area (Å²) in [5, 5.41) is 4.40. The Bertz CT molecular complexity index is 470. The Hall–Kier alpha value is -1.10. The molecule has 1 aromatic heterocycles. The maximum atomic E-state index is 11.6. The molecule has 1 aliphatic carbocycles. The van der Waals surface area contributed by atoms with Gasteiger partial charge >= 0.3 is 5.97 Å². The van der Waals surface area contributed by atoms with Crippen molar-refractivity contribution >= 4 is 22.4 Å². The summed E-state index contributed by atoms with van der Waals surface area (Å²) in [4.78, 5) is 16.9. The summed E-state index contributed by atoms with van der Waals surface area (Å²) in [5.74, 6) is 1.01. The van der Waals surface area contributed by atoms with E-state index >= 15 is 0 Å². The monoisotopic (exact) mass is 296 g/mol. The molecule has 1 N–H and O–H groups in total. The van der Waals surface area contributed by atoms with Gasteiger partial charge in [0.1, 0.15) is 0 Å². The van der Waals surface area contributed by atoms with Gasteiger partial charge in [-0.1, -0.05) is 26.7 Å². The number of aromatic nitrogens is 1. The molecule has 0 bridgehead atoms. The van der Waals surface area contributed by atoms with E-state index in [1.54, 1.807) is 11.3 Å². The van der Waals surface area contributed by atoms with Crippen LogP contribution in [0.4, 0.5) is 5.13 Å². The molecule has 0 spiro atoms. The number of methoxy groups -OCH3 is 1. The van der Waals surface area contributed by atoms with Crippen LogP contribution in [0.2, 0.25) is 0 Å². The van der Waals surface area contributed by atoms with E-state index in [9.17, 15) is 4.79 Å². The number of hydrogen-bond acceptors (Lipinski definition) is 5. The Labute approximate surface area is 124 Å². The van der Waals surface area contributed by atoms with Crippen molar-refractivity contribution in [3.63, 3.8) is 0 Å². The fourth-order valence-corrected chi connectivity index (χ4v) is 3.90. The molecule has 0 radical (unpaired) electrons. The quantitative estimate of drug-likeness (QED) is 0.857. The third-order valence-corrected chi connectivity index (χ3v) is 5.06. The number of nitrogens with zero attached hydrogens (tertiary/aromatic N) is 1. The van der Waals surface area contributed by atoms with Crippen molar-refractivity contribution in [1.29, 1.82) is 0 Å². The lowest BCUT2D eigenvalue weighted by Gasteiger charge is -2.34. The zero-order chi connectivity index (χ0) is 14.7. The summed E-state index contributed by atoms with van der Waals surface area (Å²) in [5.41, 5.74) is 0.442. The largest absolute Gasteiger partial charge is 0.464 e. The lowest BCUT2D eigenvalue weighted by atomic mass is 9.78. The Morgan fingerprint density at radius 2 is 2.10 bits per heavy atom. The SMILES string of the molecule is COC(=O)c1nc(NC2CCCCC2C(C)C)sc1C. The molecule has 1 fully saturated rings. The first-order valence-electron chi connectivity index (χ1n) is 7.35. The van der Waals surface area contributed by atoms with E-state index in [-0.39, 0.29) is 5.97 Å². The van der Waals surface area contributed by atoms with Crippen LogP contribution in [-0.2, 0) is 4.74 Å². The number of hydrogen-bond donors (Lipinski definition) is 1. The highest BCUT2D eigenvalue weighted by Gasteiger charge is 2.28. The third-order valence-electron chi connectivity index (χ3n) is 4.16. The van der Waals surface area contributed by atoms with Gasteiger partial charge in [-0.05, 0) is 31.6 Å². The van der Waals surface area contributed by atoms with Gasteiger partial charge in [0, 0.05) is 10.9 Å². The number of nitrogens with one attached hydrogen (secondary N) is 1. The molecule has 2 unspecified atom stereocenters. The molecular formula is C15H24N2O2S. The highest BCUT2D eigenvalue weighted by Crippen LogP contribution is 2.33. The van der Waals surface area contributed by atoms with Crippen LogP contribution in [0, 0.1) is 18.8 Å². The van der Waals surface area contributed by atoms with Crippen molar-refractivity contribution in [3.05, 3.63) is 10.6 Å². The van der Waals surface area contributed by atoms with Gasteiger partial charge in [-0.2, -0.15) is 0 Å². The van der Waals surface area contributed by atoms with Crippen LogP contribution >= 0.6 is 11.3 Å². The van der Waals surface area contributed by atoms with Gasteiger partial charge in [-0.15, -0.1) is 11.3 Å². The minimum atomic E-state index is -0.351. The topological polar surface area (TPSA) is 51.2 Å². The number of thiazole rings is 1. The second kappa shape index (κ2) is 6.57. The van der Waals surface area contributed by atoms with Gasteiger partial charge in [0.15, 0.2) is 10.8 Å². The minimum Gasteiger partial charge on any atom is -0.464 e. The Kier molecular flexibility index (Phi) is 5.02. The molecule has 5 heteroatoms. The van der Waals surface area contributed by atoms with Crippen LogP contribution in [0.1, 0.15) is 54.9 Å². The Balaban J connectivity index is 2.10. The molecule has 20 heavy (non-hydrogen) atoms. The van der Waals surface area contributed by atoms with Crippen LogP contribution in [0.15, 0.2) is 0 Å². The normalized spacial score (nSPS) is 22.9. The number of carbonyl (C=O) groups is 1. The number of aryl methyl sites for hydroxylation is 1. The molecule has 0 aromatic carbocycles. The van der Waals surface area contributed by atoms with Gasteiger partial charge in [-0.3, -0.25) is 0 Å². The molecule has 1 heterocycles. The van der Waals surface area contributed by atoms with Gasteiger partial charge in [0.25, 0.3) is 0 Å². The second-order valence-corrected chi connectivity index (χ2v) is 7.06. The van der Waals surface area contributed by atoms with E-state index in [1.807, 2.05) is 6.92 Å². The van der Waals surface area contributed by atoms with Crippen LogP contribution < -0.4 is 5.32 Å². The van der Waals surface area contributed by atoms with E-state index < -0.39 is 0 Å². The standard InChI is InChI=1S/C15H24N2O2S/c1-9(2)11-7-5-6-8-12(11)16-15-17-13(10(3)20-15)14(18)19-4/h9,11-12H,5-8H2,1-4H3,(H,16,17). The summed E-state index contributed by atoms with van der Waals surface area (Å²) < 4.78 is 4.76. The first-order chi connectivity index (χ1) is 9.52. The van der Waals surface area contributed by atoms with Crippen LogP contribution in [0.5, 0.6) is 0 Å². The predicted octanol–water partition coefficient (Wildman–Crippen LogP) is 3.86.